The molecule has 3 aromatic rings. The van der Waals surface area contributed by atoms with Crippen LogP contribution in [0.3, 0.4) is 0 Å². The molecule has 0 amide bonds. The smallest absolute Gasteiger partial charge is 0.238 e. The maximum absolute atomic E-state index is 11.7. The second-order valence-corrected chi connectivity index (χ2v) is 13.1. The van der Waals surface area contributed by atoms with E-state index in [-0.39, 0.29) is 6.04 Å². The van der Waals surface area contributed by atoms with Gasteiger partial charge < -0.3 is 10.1 Å². The molecule has 2 aliphatic rings. The molecule has 0 unspecified atom stereocenters. The largest absolute Gasteiger partial charge is 0.437 e. The lowest BCUT2D eigenvalue weighted by atomic mass is 10.0. The number of piperidine rings is 1. The fourth-order valence-electron chi connectivity index (χ4n) is 4.96. The molecule has 38 heavy (non-hydrogen) atoms. The number of hydrogen-bond donors (Lipinski definition) is 1. The number of likely N-dealkylation sites (tertiary alicyclic amines) is 1. The topological polar surface area (TPSA) is 108 Å². The molecule has 2 aromatic carbocycles. The van der Waals surface area contributed by atoms with Gasteiger partial charge in [-0.25, -0.2) is 13.4 Å². The summed E-state index contributed by atoms with van der Waals surface area (Å²) in [7, 11) is -3.18. The van der Waals surface area contributed by atoms with E-state index in [1.54, 1.807) is 23.9 Å². The first-order chi connectivity index (χ1) is 18.2. The van der Waals surface area contributed by atoms with E-state index in [4.69, 9.17) is 14.7 Å². The minimum absolute atomic E-state index is 0.261. The van der Waals surface area contributed by atoms with Crippen LogP contribution in [0.1, 0.15) is 40.8 Å². The summed E-state index contributed by atoms with van der Waals surface area (Å²) >= 11 is 1.72. The third-order valence-electron chi connectivity index (χ3n) is 6.96. The Kier molecular flexibility index (Phi) is 7.61. The Morgan fingerprint density at radius 2 is 1.82 bits per heavy atom. The van der Waals surface area contributed by atoms with Gasteiger partial charge in [-0.2, -0.15) is 10.2 Å². The Morgan fingerprint density at radius 3 is 2.45 bits per heavy atom. The lowest BCUT2D eigenvalue weighted by Gasteiger charge is -2.32. The van der Waals surface area contributed by atoms with Gasteiger partial charge in [-0.15, -0.1) is 11.8 Å². The van der Waals surface area contributed by atoms with Crippen LogP contribution < -0.4 is 10.1 Å². The van der Waals surface area contributed by atoms with Crippen LogP contribution in [0.4, 0.5) is 5.95 Å². The van der Waals surface area contributed by atoms with E-state index in [2.05, 4.69) is 16.3 Å². The summed E-state index contributed by atoms with van der Waals surface area (Å²) in [5.74, 6) is 2.87. The van der Waals surface area contributed by atoms with Gasteiger partial charge in [0.15, 0.2) is 9.84 Å². The second kappa shape index (κ2) is 10.9. The maximum Gasteiger partial charge on any atom is 0.238 e. The van der Waals surface area contributed by atoms with Gasteiger partial charge in [0.05, 0.1) is 27.1 Å². The summed E-state index contributed by atoms with van der Waals surface area (Å²) in [6, 6.07) is 13.3. The van der Waals surface area contributed by atoms with E-state index < -0.39 is 9.84 Å². The van der Waals surface area contributed by atoms with Crippen LogP contribution in [0.2, 0.25) is 0 Å². The SMILES string of the molecule is Cc1cc(C#N)cc(C)c1Oc1nc(NC2CCN(Cc3ccc(S(C)(=O)=O)cc3)CC2)nc2c1SCC2. The van der Waals surface area contributed by atoms with Crippen LogP contribution in [-0.4, -0.2) is 54.4 Å². The molecule has 2 aliphatic heterocycles. The van der Waals surface area contributed by atoms with Gasteiger partial charge in [0, 0.05) is 44.1 Å². The number of nitrogens with zero attached hydrogens (tertiary/aromatic N) is 4. The van der Waals surface area contributed by atoms with Gasteiger partial charge in [-0.3, -0.25) is 4.90 Å². The fraction of sp³-hybridized carbons (Fsp3) is 0.393. The van der Waals surface area contributed by atoms with Crippen LogP contribution in [0.15, 0.2) is 46.2 Å². The Hall–Kier alpha value is -3.13. The van der Waals surface area contributed by atoms with Crippen molar-refractivity contribution in [2.75, 3.05) is 30.4 Å². The molecule has 0 bridgehead atoms. The predicted molar refractivity (Wildman–Crippen MR) is 149 cm³/mol. The molecule has 8 nitrogen and oxygen atoms in total. The third-order valence-corrected chi connectivity index (χ3v) is 9.19. The molecule has 0 spiro atoms. The molecule has 1 fully saturated rings. The highest BCUT2D eigenvalue weighted by Crippen LogP contribution is 2.41. The van der Waals surface area contributed by atoms with Crippen LogP contribution in [0, 0.1) is 25.2 Å². The first-order valence-corrected chi connectivity index (χ1v) is 15.6. The van der Waals surface area contributed by atoms with Crippen molar-refractivity contribution in [1.29, 1.82) is 5.26 Å². The van der Waals surface area contributed by atoms with Crippen molar-refractivity contribution in [2.24, 2.45) is 0 Å². The van der Waals surface area contributed by atoms with Crippen LogP contribution in [0.5, 0.6) is 11.6 Å². The van der Waals surface area contributed by atoms with Gasteiger partial charge in [-0.05, 0) is 67.6 Å². The van der Waals surface area contributed by atoms with Gasteiger partial charge in [0.2, 0.25) is 11.8 Å². The molecule has 0 atom stereocenters. The predicted octanol–water partition coefficient (Wildman–Crippen LogP) is 4.89. The number of anilines is 1. The number of nitriles is 1. The Bertz CT molecular complexity index is 1470. The van der Waals surface area contributed by atoms with Gasteiger partial charge in [-0.1, -0.05) is 12.1 Å². The molecule has 10 heteroatoms. The third kappa shape index (κ3) is 5.96. The zero-order chi connectivity index (χ0) is 26.9. The van der Waals surface area contributed by atoms with E-state index in [0.717, 1.165) is 77.7 Å². The van der Waals surface area contributed by atoms with Crippen molar-refractivity contribution in [3.8, 4) is 17.7 Å². The molecule has 1 aromatic heterocycles. The molecule has 0 radical (unpaired) electrons. The molecule has 0 saturated carbocycles. The molecule has 198 valence electrons. The molecule has 5 rings (SSSR count). The number of aromatic nitrogens is 2. The first-order valence-electron chi connectivity index (χ1n) is 12.7. The van der Waals surface area contributed by atoms with Crippen LogP contribution >= 0.6 is 11.8 Å². The van der Waals surface area contributed by atoms with Gasteiger partial charge in [0.25, 0.3) is 0 Å². The number of benzene rings is 2. The molecular weight excluding hydrogens is 518 g/mol. The summed E-state index contributed by atoms with van der Waals surface area (Å²) in [4.78, 5) is 13.3. The van der Waals surface area contributed by atoms with Crippen LogP contribution in [0.25, 0.3) is 0 Å². The fourth-order valence-corrected chi connectivity index (χ4v) is 6.62. The molecule has 1 N–H and O–H groups in total. The van der Waals surface area contributed by atoms with Crippen molar-refractivity contribution in [1.82, 2.24) is 14.9 Å². The highest BCUT2D eigenvalue weighted by atomic mass is 32.2. The number of sulfone groups is 1. The zero-order valence-corrected chi connectivity index (χ0v) is 23.5. The number of nitrogens with one attached hydrogen (secondary N) is 1. The Labute approximate surface area is 228 Å². The van der Waals surface area contributed by atoms with E-state index in [0.29, 0.717) is 22.3 Å². The van der Waals surface area contributed by atoms with Gasteiger partial charge >= 0.3 is 0 Å². The second-order valence-electron chi connectivity index (χ2n) is 9.99. The number of hydrogen-bond acceptors (Lipinski definition) is 9. The number of ether oxygens (including phenoxy) is 1. The van der Waals surface area contributed by atoms with Crippen molar-refractivity contribution < 1.29 is 13.2 Å². The molecular formula is C28H31N5O3S2. The average Bonchev–Trinajstić information content (AvgIpc) is 3.36. The van der Waals surface area contributed by atoms with E-state index in [9.17, 15) is 13.7 Å². The summed E-state index contributed by atoms with van der Waals surface area (Å²) in [6.07, 6.45) is 4.03. The molecule has 0 aliphatic carbocycles. The van der Waals surface area contributed by atoms with E-state index in [1.165, 1.54) is 6.26 Å². The van der Waals surface area contributed by atoms with Crippen molar-refractivity contribution in [3.05, 3.63) is 64.3 Å². The minimum atomic E-state index is -3.18. The normalized spacial score (nSPS) is 16.2. The lowest BCUT2D eigenvalue weighted by Crippen LogP contribution is -2.39. The first kappa shape index (κ1) is 26.5. The lowest BCUT2D eigenvalue weighted by molar-refractivity contribution is 0.211. The van der Waals surface area contributed by atoms with Crippen molar-refractivity contribution in [2.45, 2.75) is 55.5 Å². The van der Waals surface area contributed by atoms with Crippen LogP contribution in [-0.2, 0) is 22.8 Å². The van der Waals surface area contributed by atoms with Gasteiger partial charge in [0.1, 0.15) is 5.75 Å². The maximum atomic E-state index is 11.7. The average molecular weight is 550 g/mol. The van der Waals surface area contributed by atoms with Crippen molar-refractivity contribution >= 4 is 27.5 Å². The summed E-state index contributed by atoms with van der Waals surface area (Å²) in [6.45, 7) is 6.55. The number of fused-ring (bicyclic) bond motifs is 1. The Morgan fingerprint density at radius 1 is 1.13 bits per heavy atom. The Balaban J connectivity index is 1.24. The number of aryl methyl sites for hydroxylation is 3. The monoisotopic (exact) mass is 549 g/mol. The highest BCUT2D eigenvalue weighted by molar-refractivity contribution is 7.99. The summed E-state index contributed by atoms with van der Waals surface area (Å²) in [5, 5.41) is 12.8. The van der Waals surface area contributed by atoms with E-state index >= 15 is 0 Å². The highest BCUT2D eigenvalue weighted by Gasteiger charge is 2.25. The molecule has 3 heterocycles. The quantitative estimate of drug-likeness (QED) is 0.441. The summed E-state index contributed by atoms with van der Waals surface area (Å²) < 4.78 is 29.8. The summed E-state index contributed by atoms with van der Waals surface area (Å²) in [5.41, 5.74) is 4.56. The standard InChI is InChI=1S/C28H31N5O3S2/c1-18-14-21(16-29)15-19(2)25(18)36-27-26-24(10-13-37-26)31-28(32-27)30-22-8-11-33(12-9-22)17-20-4-6-23(7-5-20)38(3,34)35/h4-7,14-15,22H,8-13,17H2,1-3H3,(H,30,31,32). The molecule has 1 saturated heterocycles. The van der Waals surface area contributed by atoms with E-state index in [1.807, 2.05) is 38.1 Å². The zero-order valence-electron chi connectivity index (χ0n) is 21.8. The number of thioether (sulfide) groups is 1. The van der Waals surface area contributed by atoms with Crippen molar-refractivity contribution in [3.63, 3.8) is 0 Å². The minimum Gasteiger partial charge on any atom is -0.437 e. The number of rotatable bonds is 7.